The smallest absolute Gasteiger partial charge is 0.338 e. The monoisotopic (exact) mass is 1360 g/mol. The number of amides is 1. The van der Waals surface area contributed by atoms with Gasteiger partial charge < -0.3 is 179 Å². The molecule has 21 fully saturated rings. The molecule has 21 N–H and O–H groups in total. The van der Waals surface area contributed by atoms with E-state index >= 15 is 0 Å². The van der Waals surface area contributed by atoms with Crippen molar-refractivity contribution in [3.05, 3.63) is 41.5 Å². The Hall–Kier alpha value is -3.46. The van der Waals surface area contributed by atoms with Crippen molar-refractivity contribution in [3.63, 3.8) is 0 Å². The third kappa shape index (κ3) is 16.1. The number of aliphatic hydroxyl groups excluding tert-OH is 20. The fourth-order valence-electron chi connectivity index (χ4n) is 11.9. The van der Waals surface area contributed by atoms with Gasteiger partial charge in [-0.1, -0.05) is 12.1 Å². The molecule has 21 aliphatic rings. The van der Waals surface area contributed by atoms with E-state index in [1.54, 1.807) is 20.8 Å². The molecule has 38 nitrogen and oxygen atoms in total. The van der Waals surface area contributed by atoms with Crippen molar-refractivity contribution in [3.8, 4) is 0 Å². The van der Waals surface area contributed by atoms with Crippen LogP contribution in [0, 0.1) is 0 Å². The Bertz CT molecular complexity index is 2590. The topological polar surface area (TPSA) is 589 Å². The van der Waals surface area contributed by atoms with Crippen LogP contribution in [0.3, 0.4) is 0 Å². The predicted octanol–water partition coefficient (Wildman–Crippen LogP) is -12.4. The van der Waals surface area contributed by atoms with E-state index in [0.717, 1.165) is 6.08 Å². The zero-order valence-electron chi connectivity index (χ0n) is 50.5. The Balaban J connectivity index is 1.00. The van der Waals surface area contributed by atoms with Crippen LogP contribution in [0.1, 0.15) is 36.7 Å². The van der Waals surface area contributed by atoms with Gasteiger partial charge in [0.15, 0.2) is 44.0 Å². The molecule has 0 aliphatic carbocycles. The number of carbonyl (C=O) groups is 2. The highest BCUT2D eigenvalue weighted by atomic mass is 16.8. The number of benzene rings is 1. The second-order valence-electron chi connectivity index (χ2n) is 24.7. The number of hydrogen-bond donors (Lipinski definition) is 21. The molecule has 38 heteroatoms. The number of hydrogen-bond acceptors (Lipinski definition) is 37. The van der Waals surface area contributed by atoms with Gasteiger partial charge in [-0.05, 0) is 44.5 Å². The lowest BCUT2D eigenvalue weighted by Crippen LogP contribution is -2.68. The number of aliphatic hydroxyl groups is 20. The van der Waals surface area contributed by atoms with Crippen LogP contribution in [-0.4, -0.2) is 381 Å². The summed E-state index contributed by atoms with van der Waals surface area (Å²) in [7, 11) is 0. The van der Waals surface area contributed by atoms with Crippen molar-refractivity contribution < 1.29 is 183 Å². The lowest BCUT2D eigenvalue weighted by atomic mass is 9.95. The van der Waals surface area contributed by atoms with Crippen LogP contribution in [0.15, 0.2) is 30.3 Å². The second-order valence-corrected chi connectivity index (χ2v) is 24.7. The standard InChI is InChI=1S/C56H85NO37/c1-56(2,3)94-48(79)18-7-4-17(5-8-18)6-9-26(64)57-10-19-41-27(65)34(72)49(80-19)88-42-20(11-58)82-51(36(74)29(42)67)90-44-22(13-60)84-53(38(76)31(44)69)92-46-24(15-62)86-55(40(78)33(46)71)93-47-25(16-63)85-54(39(77)32(47)70)91-45-23(14-61)83-52(37(75)30(45)68)89-43-21(12-59)81-50(87-41)35(73)28(43)66/h4-9,19-25,27-47,49-55,58-63,65-78H,10-16H2,1-3H3,(H,57,64). The van der Waals surface area contributed by atoms with E-state index in [9.17, 15) is 112 Å². The molecule has 94 heavy (non-hydrogen) atoms. The van der Waals surface area contributed by atoms with E-state index in [4.69, 9.17) is 71.1 Å². The van der Waals surface area contributed by atoms with Crippen molar-refractivity contribution in [2.45, 2.75) is 241 Å². The van der Waals surface area contributed by atoms with Crippen molar-refractivity contribution in [2.24, 2.45) is 0 Å². The number of nitrogens with one attached hydrogen (secondary N) is 1. The van der Waals surface area contributed by atoms with Gasteiger partial charge in [0.05, 0.1) is 45.2 Å². The molecule has 1 aromatic rings. The number of rotatable bonds is 11. The third-order valence-electron chi connectivity index (χ3n) is 17.1. The van der Waals surface area contributed by atoms with E-state index in [-0.39, 0.29) is 5.56 Å². The van der Waals surface area contributed by atoms with Crippen LogP contribution >= 0.6 is 0 Å². The lowest BCUT2D eigenvalue weighted by Gasteiger charge is -2.50. The van der Waals surface area contributed by atoms with Crippen molar-refractivity contribution in [1.82, 2.24) is 5.32 Å². The van der Waals surface area contributed by atoms with Crippen molar-refractivity contribution in [2.75, 3.05) is 46.2 Å². The molecule has 22 rings (SSSR count). The van der Waals surface area contributed by atoms with Gasteiger partial charge in [0.2, 0.25) is 5.91 Å². The first-order valence-electron chi connectivity index (χ1n) is 30.2. The summed E-state index contributed by atoms with van der Waals surface area (Å²) in [6, 6.07) is 5.92. The summed E-state index contributed by atoms with van der Waals surface area (Å²) in [5.41, 5.74) is -0.146. The summed E-state index contributed by atoms with van der Waals surface area (Å²) in [5, 5.41) is 227. The normalized spacial score (nSPS) is 47.6. The molecule has 21 saturated heterocycles. The Morgan fingerprint density at radius 1 is 0.362 bits per heavy atom. The quantitative estimate of drug-likeness (QED) is 0.0723. The van der Waals surface area contributed by atoms with E-state index < -0.39 is 279 Å². The lowest BCUT2D eigenvalue weighted by molar-refractivity contribution is -0.396. The van der Waals surface area contributed by atoms with Gasteiger partial charge in [-0.25, -0.2) is 4.79 Å². The van der Waals surface area contributed by atoms with Gasteiger partial charge in [-0.15, -0.1) is 0 Å². The summed E-state index contributed by atoms with van der Waals surface area (Å²) in [6.07, 6.45) is -69.6. The minimum atomic E-state index is -2.29. The zero-order valence-corrected chi connectivity index (χ0v) is 50.5. The van der Waals surface area contributed by atoms with E-state index in [0.29, 0.717) is 5.56 Å². The van der Waals surface area contributed by atoms with Crippen molar-refractivity contribution in [1.29, 1.82) is 0 Å². The van der Waals surface area contributed by atoms with Crippen LogP contribution in [0.2, 0.25) is 0 Å². The maximum atomic E-state index is 13.5. The first kappa shape index (κ1) is 74.8. The highest BCUT2D eigenvalue weighted by molar-refractivity contribution is 5.92. The summed E-state index contributed by atoms with van der Waals surface area (Å²) in [5.74, 6) is -1.45. The molecule has 0 radical (unpaired) electrons. The maximum absolute atomic E-state index is 13.5. The number of carbonyl (C=O) groups excluding carboxylic acids is 2. The molecule has 0 saturated carbocycles. The SMILES string of the molecule is CC(C)(C)OC(=O)c1ccc(C=CC(=O)NCC2OC3OC4C(CO)OC(OC5C(CO)OC(OC6C(CO)OC(OC7C(CO)OC(OC8C(CO)OC(OC9C(CO)OC(OC2C(O)C3O)C(O)C9O)C(O)C8O)C(O)C7O)C(O)C6O)C(O)C5O)C(O)C4O)cc1. The summed E-state index contributed by atoms with van der Waals surface area (Å²) in [4.78, 5) is 26.0. The Kier molecular flexibility index (Phi) is 25.3. The Labute approximate surface area is 533 Å². The molecule has 14 bridgehead atoms. The minimum absolute atomic E-state index is 0.210. The molecule has 536 valence electrons. The molecule has 1 aromatic carbocycles. The molecular weight excluding hydrogens is 1280 g/mol. The predicted molar refractivity (Wildman–Crippen MR) is 295 cm³/mol. The Morgan fingerprint density at radius 3 is 0.809 bits per heavy atom. The molecule has 35 atom stereocenters. The average Bonchev–Trinajstić information content (AvgIpc) is 0.781. The summed E-state index contributed by atoms with van der Waals surface area (Å²) in [6.45, 7) is -2.11. The van der Waals surface area contributed by atoms with Crippen LogP contribution in [0.25, 0.3) is 6.08 Å². The Morgan fingerprint density at radius 2 is 0.585 bits per heavy atom. The van der Waals surface area contributed by atoms with Gasteiger partial charge in [0, 0.05) is 12.6 Å². The first-order valence-corrected chi connectivity index (χ1v) is 30.2. The van der Waals surface area contributed by atoms with Crippen LogP contribution in [-0.2, 0) is 75.8 Å². The van der Waals surface area contributed by atoms with Gasteiger partial charge in [0.25, 0.3) is 0 Å². The molecule has 0 spiro atoms. The van der Waals surface area contributed by atoms with Gasteiger partial charge in [0.1, 0.15) is 177 Å². The second kappa shape index (κ2) is 31.8. The van der Waals surface area contributed by atoms with Crippen LogP contribution in [0.4, 0.5) is 0 Å². The van der Waals surface area contributed by atoms with E-state index in [1.165, 1.54) is 30.3 Å². The van der Waals surface area contributed by atoms with Crippen LogP contribution < -0.4 is 5.32 Å². The summed E-state index contributed by atoms with van der Waals surface area (Å²) < 4.78 is 86.5. The first-order chi connectivity index (χ1) is 44.6. The largest absolute Gasteiger partial charge is 0.456 e. The van der Waals surface area contributed by atoms with Crippen LogP contribution in [0.5, 0.6) is 0 Å². The molecule has 21 aliphatic heterocycles. The number of esters is 1. The fraction of sp³-hybridized carbons (Fsp3) is 0.821. The summed E-state index contributed by atoms with van der Waals surface area (Å²) >= 11 is 0. The van der Waals surface area contributed by atoms with E-state index in [2.05, 4.69) is 5.32 Å². The number of ether oxygens (including phenoxy) is 15. The molecule has 21 heterocycles. The average molecular weight is 1360 g/mol. The molecule has 0 aromatic heterocycles. The van der Waals surface area contributed by atoms with Gasteiger partial charge in [-0.2, -0.15) is 0 Å². The molecule has 35 unspecified atom stereocenters. The fourth-order valence-corrected chi connectivity index (χ4v) is 11.9. The maximum Gasteiger partial charge on any atom is 0.338 e. The molecule has 1 amide bonds. The minimum Gasteiger partial charge on any atom is -0.456 e. The third-order valence-corrected chi connectivity index (χ3v) is 17.1. The van der Waals surface area contributed by atoms with Crippen molar-refractivity contribution >= 4 is 18.0 Å². The van der Waals surface area contributed by atoms with E-state index in [1.807, 2.05) is 0 Å². The zero-order chi connectivity index (χ0) is 68.5. The van der Waals surface area contributed by atoms with Gasteiger partial charge >= 0.3 is 5.97 Å². The highest BCUT2D eigenvalue weighted by Crippen LogP contribution is 2.39. The highest BCUT2D eigenvalue weighted by Gasteiger charge is 2.60. The van der Waals surface area contributed by atoms with Gasteiger partial charge in [-0.3, -0.25) is 4.79 Å². The molecular formula is C56H85NO37.